The molecule has 15 nitrogen and oxygen atoms in total. The predicted molar refractivity (Wildman–Crippen MR) is 263 cm³/mol. The molecule has 3 atom stereocenters. The zero-order chi connectivity index (χ0) is 53.1. The Morgan fingerprint density at radius 1 is 0.534 bits per heavy atom. The number of carboxylic acids is 1. The summed E-state index contributed by atoms with van der Waals surface area (Å²) in [7, 11) is 0. The van der Waals surface area contributed by atoms with Crippen LogP contribution >= 0.6 is 0 Å². The Bertz CT molecular complexity index is 2850. The first-order valence-electron chi connectivity index (χ1n) is 23.6. The molecule has 73 heavy (non-hydrogen) atoms. The molecule has 18 heteroatoms. The summed E-state index contributed by atoms with van der Waals surface area (Å²) in [4.78, 5) is 95.4. The smallest absolute Gasteiger partial charge is 0.339 e. The number of hydrogen-bond donors (Lipinski definition) is 5. The fourth-order valence-electron chi connectivity index (χ4n) is 8.75. The summed E-state index contributed by atoms with van der Waals surface area (Å²) in [6, 6.07) is 16.7. The third-order valence-electron chi connectivity index (χ3n) is 12.1. The van der Waals surface area contributed by atoms with Crippen molar-refractivity contribution in [3.8, 4) is 0 Å². The largest absolute Gasteiger partial charge is 0.478 e. The van der Waals surface area contributed by atoms with Crippen molar-refractivity contribution in [2.45, 2.75) is 85.5 Å². The van der Waals surface area contributed by atoms with E-state index in [-0.39, 0.29) is 93.1 Å². The second-order valence-electron chi connectivity index (χ2n) is 18.8. The van der Waals surface area contributed by atoms with Gasteiger partial charge < -0.3 is 35.3 Å². The van der Waals surface area contributed by atoms with Gasteiger partial charge in [-0.2, -0.15) is 0 Å². The number of Topliss-reactive ketones (excluding diaryl/α,β-unsaturated/α-hetero) is 5. The number of amides is 2. The normalized spacial score (nSPS) is 17.8. The van der Waals surface area contributed by atoms with E-state index in [0.717, 1.165) is 18.4 Å². The number of benzene rings is 3. The number of furan rings is 2. The summed E-state index contributed by atoms with van der Waals surface area (Å²) in [5, 5.41) is 14.1. The summed E-state index contributed by atoms with van der Waals surface area (Å²) in [5.74, 6) is -0.711. The van der Waals surface area contributed by atoms with Crippen LogP contribution in [0.5, 0.6) is 0 Å². The van der Waals surface area contributed by atoms with Crippen LogP contribution in [-0.4, -0.2) is 56.8 Å². The van der Waals surface area contributed by atoms with Crippen molar-refractivity contribution in [2.75, 3.05) is 16.4 Å². The highest BCUT2D eigenvalue weighted by Gasteiger charge is 2.33. The molecule has 382 valence electrons. The number of hydrogen-bond acceptors (Lipinski definition) is 11. The van der Waals surface area contributed by atoms with Gasteiger partial charge in [-0.1, -0.05) is 27.7 Å². The molecule has 3 aromatic carbocycles. The van der Waals surface area contributed by atoms with Crippen LogP contribution in [0.4, 0.5) is 30.2 Å². The highest BCUT2D eigenvalue weighted by Crippen LogP contribution is 2.32. The fourth-order valence-corrected chi connectivity index (χ4v) is 8.75. The Morgan fingerprint density at radius 2 is 0.918 bits per heavy atom. The van der Waals surface area contributed by atoms with Crippen molar-refractivity contribution >= 4 is 63.8 Å². The van der Waals surface area contributed by atoms with E-state index in [1.54, 1.807) is 6.20 Å². The summed E-state index contributed by atoms with van der Waals surface area (Å²) >= 11 is 0. The highest BCUT2D eigenvalue weighted by atomic mass is 19.1. The van der Waals surface area contributed by atoms with Crippen LogP contribution in [0.3, 0.4) is 0 Å². The first kappa shape index (κ1) is 54.2. The second kappa shape index (κ2) is 24.3. The van der Waals surface area contributed by atoms with Gasteiger partial charge in [0.2, 0.25) is 0 Å². The number of fused-ring (bicyclic) bond motifs is 3. The molecule has 10 rings (SSSR count). The number of carboxylic acid groups (broad SMARTS) is 1. The molecule has 3 unspecified atom stereocenters. The minimum absolute atomic E-state index is 0.00287. The lowest BCUT2D eigenvalue weighted by Gasteiger charge is -2.17. The second-order valence-corrected chi connectivity index (χ2v) is 18.8. The van der Waals surface area contributed by atoms with Crippen molar-refractivity contribution in [1.29, 1.82) is 0 Å². The van der Waals surface area contributed by atoms with Crippen LogP contribution in [-0.2, 0) is 28.9 Å². The number of nitrogens with one attached hydrogen (secondary N) is 3. The quantitative estimate of drug-likeness (QED) is 0.0799. The number of aromatic amines is 1. The third-order valence-corrected chi connectivity index (χ3v) is 12.1. The predicted octanol–water partition coefficient (Wildman–Crippen LogP) is 10.7. The van der Waals surface area contributed by atoms with E-state index in [0.29, 0.717) is 96.1 Å². The Kier molecular flexibility index (Phi) is 18.0. The molecule has 0 aliphatic heterocycles. The maximum absolute atomic E-state index is 12.8. The van der Waals surface area contributed by atoms with Crippen molar-refractivity contribution < 1.29 is 65.5 Å². The maximum Gasteiger partial charge on any atom is 0.339 e. The van der Waals surface area contributed by atoms with E-state index in [1.807, 2.05) is 27.7 Å². The van der Waals surface area contributed by atoms with E-state index in [4.69, 9.17) is 19.7 Å². The lowest BCUT2D eigenvalue weighted by Crippen LogP contribution is -2.21. The van der Waals surface area contributed by atoms with E-state index in [1.165, 1.54) is 79.1 Å². The Morgan fingerprint density at radius 3 is 1.36 bits per heavy atom. The lowest BCUT2D eigenvalue weighted by molar-refractivity contribution is -0.131. The molecule has 4 aliphatic rings. The van der Waals surface area contributed by atoms with Crippen molar-refractivity contribution in [1.82, 2.24) is 4.98 Å². The van der Waals surface area contributed by atoms with Gasteiger partial charge in [-0.25, -0.2) is 18.0 Å². The van der Waals surface area contributed by atoms with Gasteiger partial charge in [0.15, 0.2) is 17.3 Å². The molecule has 0 bridgehead atoms. The molecule has 3 aromatic heterocycles. The van der Waals surface area contributed by atoms with Crippen LogP contribution in [0.1, 0.15) is 146 Å². The van der Waals surface area contributed by atoms with Gasteiger partial charge in [0.25, 0.3) is 11.8 Å². The van der Waals surface area contributed by atoms with Crippen molar-refractivity contribution in [3.05, 3.63) is 160 Å². The van der Waals surface area contributed by atoms with Crippen LogP contribution in [0.25, 0.3) is 0 Å². The number of nitrogen functional groups attached to an aromatic ring is 1. The van der Waals surface area contributed by atoms with Gasteiger partial charge in [-0.05, 0) is 103 Å². The molecule has 1 saturated carbocycles. The van der Waals surface area contributed by atoms with E-state index in [9.17, 15) is 51.5 Å². The molecule has 1 fully saturated rings. The fraction of sp³-hybridized carbons (Fsp3) is 0.309. The summed E-state index contributed by atoms with van der Waals surface area (Å²) in [6.07, 6.45) is 8.80. The molecule has 3 heterocycles. The van der Waals surface area contributed by atoms with E-state index >= 15 is 0 Å². The Hall–Kier alpha value is -8.15. The van der Waals surface area contributed by atoms with Crippen LogP contribution in [0.2, 0.25) is 0 Å². The van der Waals surface area contributed by atoms with Gasteiger partial charge in [0.1, 0.15) is 58.6 Å². The maximum atomic E-state index is 12.8. The molecule has 0 spiro atoms. The molecular formula is C55H55F3N4O11. The lowest BCUT2D eigenvalue weighted by atomic mass is 9.86. The molecule has 6 N–H and O–H groups in total. The number of rotatable bonds is 5. The number of H-pyrrole nitrogens is 1. The van der Waals surface area contributed by atoms with Gasteiger partial charge in [-0.3, -0.25) is 33.6 Å². The van der Waals surface area contributed by atoms with Crippen molar-refractivity contribution in [3.63, 3.8) is 0 Å². The average Bonchev–Trinajstić information content (AvgIpc) is 4.07. The number of halogens is 3. The molecule has 2 amide bonds. The molecule has 0 radical (unpaired) electrons. The number of ketones is 5. The minimum Gasteiger partial charge on any atom is -0.478 e. The summed E-state index contributed by atoms with van der Waals surface area (Å²) in [6.45, 7) is 7.88. The van der Waals surface area contributed by atoms with Gasteiger partial charge in [-0.15, -0.1) is 0 Å². The standard InChI is InChI=1S/C16H15FN2O2.C16H14FNO3.C10H10O4.C7H10O2.C6H6FN/c1-9-6-13-15(14(20)7-9)12(8-18-13)16(21)19-11-4-2-10(17)3-5-11;1-9-6-13(19)15-12(8-21-14(15)7-9)16(20)18-11-4-2-10(17)3-5-11;1-5-2-7(11)9-6(10(12)13)4-14-8(9)3-5;1-5-2-6(8)4-7(9)3-5;7-5-1-3-6(8)4-2-5/h2-5,8-9,18H,6-7H2,1H3,(H,19,21);2-5,8-9H,6-7H2,1H3,(H,18,20);4-5H,2-3H2,1H3,(H,12,13);5H,2-4H2,1H3;1-4H,8H2. The van der Waals surface area contributed by atoms with Crippen molar-refractivity contribution in [2.24, 2.45) is 23.7 Å². The Labute approximate surface area is 418 Å². The highest BCUT2D eigenvalue weighted by molar-refractivity contribution is 6.14. The first-order valence-corrected chi connectivity index (χ1v) is 23.6. The zero-order valence-corrected chi connectivity index (χ0v) is 40.6. The minimum atomic E-state index is -1.10. The summed E-state index contributed by atoms with van der Waals surface area (Å²) in [5.41, 5.74) is 9.37. The number of nitrogens with two attached hydrogens (primary N) is 1. The zero-order valence-electron chi connectivity index (χ0n) is 40.6. The number of carbonyl (C=O) groups is 8. The molecular weight excluding hydrogens is 950 g/mol. The average molecular weight is 1010 g/mol. The van der Waals surface area contributed by atoms with Gasteiger partial charge in [0, 0.05) is 73.9 Å². The third kappa shape index (κ3) is 14.7. The Balaban J connectivity index is 0.000000156. The summed E-state index contributed by atoms with van der Waals surface area (Å²) < 4.78 is 48.2. The van der Waals surface area contributed by atoms with Crippen LogP contribution in [0, 0.1) is 41.1 Å². The number of aromatic nitrogens is 1. The number of anilines is 3. The molecule has 0 saturated heterocycles. The van der Waals surface area contributed by atoms with E-state index in [2.05, 4.69) is 15.6 Å². The van der Waals surface area contributed by atoms with Crippen LogP contribution < -0.4 is 16.4 Å². The van der Waals surface area contributed by atoms with Crippen LogP contribution in [0.15, 0.2) is 100 Å². The topological polar surface area (TPSA) is 249 Å². The van der Waals surface area contributed by atoms with Gasteiger partial charge >= 0.3 is 5.97 Å². The molecule has 4 aliphatic carbocycles. The van der Waals surface area contributed by atoms with E-state index < -0.39 is 11.9 Å². The first-order chi connectivity index (χ1) is 34.6. The molecule has 6 aromatic rings. The monoisotopic (exact) mass is 1000 g/mol. The number of aromatic carboxylic acids is 1. The number of carbonyl (C=O) groups excluding carboxylic acids is 7. The van der Waals surface area contributed by atoms with Gasteiger partial charge in [0.05, 0.1) is 34.2 Å². The SMILES string of the molecule is CC1CC(=O)CC(=O)C1.CC1CC(=O)c2c(C(=O)Nc3ccc(F)cc3)c[nH]c2C1.CC1CC(=O)c2c(C(=O)Nc3ccc(F)cc3)coc2C1.CC1CC(=O)c2c(C(=O)O)coc2C1.Nc1ccc(F)cc1.